The molecule has 106 valence electrons. The van der Waals surface area contributed by atoms with Crippen LogP contribution in [-0.4, -0.2) is 24.2 Å². The predicted molar refractivity (Wildman–Crippen MR) is 75.7 cm³/mol. The van der Waals surface area contributed by atoms with Crippen LogP contribution in [0.15, 0.2) is 18.2 Å². The molecule has 0 aliphatic rings. The lowest BCUT2D eigenvalue weighted by molar-refractivity contribution is 0.0932. The number of amides is 1. The highest BCUT2D eigenvalue weighted by Crippen LogP contribution is 2.23. The van der Waals surface area contributed by atoms with Crippen LogP contribution in [0.3, 0.4) is 0 Å². The molecule has 0 radical (unpaired) electrons. The number of hydrogen-bond donors (Lipinski definition) is 2. The molecule has 0 heterocycles. The van der Waals surface area contributed by atoms with E-state index in [0.29, 0.717) is 11.7 Å². The molecule has 0 spiro atoms. The van der Waals surface area contributed by atoms with Gasteiger partial charge in [-0.3, -0.25) is 4.79 Å². The first-order valence-electron chi connectivity index (χ1n) is 6.65. The fourth-order valence-corrected chi connectivity index (χ4v) is 1.95. The van der Waals surface area contributed by atoms with E-state index >= 15 is 0 Å². The SMILES string of the molecule is CCC(C)CC(C)NC(=O)c1cc(OC)ccc1O. The summed E-state index contributed by atoms with van der Waals surface area (Å²) >= 11 is 0. The Morgan fingerprint density at radius 3 is 2.68 bits per heavy atom. The van der Waals surface area contributed by atoms with Crippen LogP contribution in [0.4, 0.5) is 0 Å². The molecule has 2 N–H and O–H groups in total. The van der Waals surface area contributed by atoms with Crippen molar-refractivity contribution in [2.45, 2.75) is 39.7 Å². The minimum atomic E-state index is -0.271. The van der Waals surface area contributed by atoms with Crippen LogP contribution in [0.25, 0.3) is 0 Å². The highest BCUT2D eigenvalue weighted by molar-refractivity contribution is 5.97. The third-order valence-electron chi connectivity index (χ3n) is 3.28. The van der Waals surface area contributed by atoms with Crippen LogP contribution in [0.2, 0.25) is 0 Å². The molecular weight excluding hydrogens is 242 g/mol. The average molecular weight is 265 g/mol. The Morgan fingerprint density at radius 1 is 1.42 bits per heavy atom. The topological polar surface area (TPSA) is 58.6 Å². The lowest BCUT2D eigenvalue weighted by atomic mass is 10.00. The van der Waals surface area contributed by atoms with Crippen molar-refractivity contribution in [3.05, 3.63) is 23.8 Å². The molecule has 0 fully saturated rings. The Hall–Kier alpha value is -1.71. The minimum Gasteiger partial charge on any atom is -0.507 e. The average Bonchev–Trinajstić information content (AvgIpc) is 2.38. The quantitative estimate of drug-likeness (QED) is 0.831. The summed E-state index contributed by atoms with van der Waals surface area (Å²) in [5.74, 6) is 0.813. The number of aromatic hydroxyl groups is 1. The zero-order chi connectivity index (χ0) is 14.4. The number of phenols is 1. The highest BCUT2D eigenvalue weighted by Gasteiger charge is 2.15. The molecule has 19 heavy (non-hydrogen) atoms. The monoisotopic (exact) mass is 265 g/mol. The van der Waals surface area contributed by atoms with Crippen LogP contribution in [-0.2, 0) is 0 Å². The van der Waals surface area contributed by atoms with Gasteiger partial charge in [-0.25, -0.2) is 0 Å². The van der Waals surface area contributed by atoms with Gasteiger partial charge in [0.1, 0.15) is 11.5 Å². The largest absolute Gasteiger partial charge is 0.507 e. The number of carbonyl (C=O) groups excluding carboxylic acids is 1. The Bertz CT molecular complexity index is 431. The summed E-state index contributed by atoms with van der Waals surface area (Å²) in [6.45, 7) is 6.26. The lowest BCUT2D eigenvalue weighted by Gasteiger charge is -2.18. The second-order valence-corrected chi connectivity index (χ2v) is 5.01. The third kappa shape index (κ3) is 4.47. The van der Waals surface area contributed by atoms with E-state index in [-0.39, 0.29) is 23.3 Å². The normalized spacial score (nSPS) is 13.7. The third-order valence-corrected chi connectivity index (χ3v) is 3.28. The van der Waals surface area contributed by atoms with Crippen LogP contribution >= 0.6 is 0 Å². The highest BCUT2D eigenvalue weighted by atomic mass is 16.5. The smallest absolute Gasteiger partial charge is 0.255 e. The van der Waals surface area contributed by atoms with Gasteiger partial charge in [0, 0.05) is 6.04 Å². The van der Waals surface area contributed by atoms with E-state index in [1.807, 2.05) is 6.92 Å². The van der Waals surface area contributed by atoms with Gasteiger partial charge in [0.25, 0.3) is 5.91 Å². The molecule has 1 aromatic rings. The van der Waals surface area contributed by atoms with Crippen molar-refractivity contribution in [2.75, 3.05) is 7.11 Å². The van der Waals surface area contributed by atoms with Gasteiger partial charge < -0.3 is 15.2 Å². The van der Waals surface area contributed by atoms with E-state index in [9.17, 15) is 9.90 Å². The standard InChI is InChI=1S/C15H23NO3/c1-5-10(2)8-11(3)16-15(18)13-9-12(19-4)6-7-14(13)17/h6-7,9-11,17H,5,8H2,1-4H3,(H,16,18). The van der Waals surface area contributed by atoms with E-state index in [2.05, 4.69) is 19.2 Å². The minimum absolute atomic E-state index is 0.0333. The summed E-state index contributed by atoms with van der Waals surface area (Å²) < 4.78 is 5.06. The van der Waals surface area contributed by atoms with Gasteiger partial charge in [0.15, 0.2) is 0 Å². The summed E-state index contributed by atoms with van der Waals surface area (Å²) in [4.78, 5) is 12.1. The van der Waals surface area contributed by atoms with E-state index in [4.69, 9.17) is 4.74 Å². The molecule has 4 heteroatoms. The molecule has 2 unspecified atom stereocenters. The molecule has 0 saturated carbocycles. The first-order valence-corrected chi connectivity index (χ1v) is 6.65. The zero-order valence-electron chi connectivity index (χ0n) is 12.1. The molecule has 0 saturated heterocycles. The molecule has 0 aliphatic heterocycles. The van der Waals surface area contributed by atoms with Crippen molar-refractivity contribution in [2.24, 2.45) is 5.92 Å². The van der Waals surface area contributed by atoms with Gasteiger partial charge >= 0.3 is 0 Å². The van der Waals surface area contributed by atoms with E-state index < -0.39 is 0 Å². The summed E-state index contributed by atoms with van der Waals surface area (Å²) in [6, 6.07) is 4.70. The fraction of sp³-hybridized carbons (Fsp3) is 0.533. The first kappa shape index (κ1) is 15.3. The maximum atomic E-state index is 12.1. The van der Waals surface area contributed by atoms with Gasteiger partial charge in [0.2, 0.25) is 0 Å². The lowest BCUT2D eigenvalue weighted by Crippen LogP contribution is -2.33. The predicted octanol–water partition coefficient (Wildman–Crippen LogP) is 2.96. The van der Waals surface area contributed by atoms with E-state index in [1.165, 1.54) is 13.2 Å². The van der Waals surface area contributed by atoms with Gasteiger partial charge in [-0.2, -0.15) is 0 Å². The molecule has 1 aromatic carbocycles. The van der Waals surface area contributed by atoms with Gasteiger partial charge in [-0.05, 0) is 37.5 Å². The maximum absolute atomic E-state index is 12.1. The Balaban J connectivity index is 2.72. The van der Waals surface area contributed by atoms with E-state index in [0.717, 1.165) is 12.8 Å². The molecule has 4 nitrogen and oxygen atoms in total. The second kappa shape index (κ2) is 7.02. The molecule has 1 rings (SSSR count). The molecule has 0 aliphatic carbocycles. The Kier molecular flexibility index (Phi) is 5.67. The van der Waals surface area contributed by atoms with Crippen molar-refractivity contribution >= 4 is 5.91 Å². The zero-order valence-corrected chi connectivity index (χ0v) is 12.1. The summed E-state index contributed by atoms with van der Waals surface area (Å²) in [7, 11) is 1.53. The molecule has 2 atom stereocenters. The number of benzene rings is 1. The van der Waals surface area contributed by atoms with Crippen LogP contribution in [0.1, 0.15) is 44.0 Å². The van der Waals surface area contributed by atoms with Crippen molar-refractivity contribution in [3.63, 3.8) is 0 Å². The van der Waals surface area contributed by atoms with Crippen LogP contribution in [0, 0.1) is 5.92 Å². The van der Waals surface area contributed by atoms with Gasteiger partial charge in [-0.15, -0.1) is 0 Å². The number of ether oxygens (including phenoxy) is 1. The van der Waals surface area contributed by atoms with Crippen LogP contribution < -0.4 is 10.1 Å². The van der Waals surface area contributed by atoms with Crippen molar-refractivity contribution in [3.8, 4) is 11.5 Å². The number of methoxy groups -OCH3 is 1. The van der Waals surface area contributed by atoms with Crippen molar-refractivity contribution in [1.82, 2.24) is 5.32 Å². The summed E-state index contributed by atoms with van der Waals surface area (Å²) in [5, 5.41) is 12.6. The van der Waals surface area contributed by atoms with Crippen molar-refractivity contribution < 1.29 is 14.6 Å². The number of nitrogens with one attached hydrogen (secondary N) is 1. The van der Waals surface area contributed by atoms with Gasteiger partial charge in [0.05, 0.1) is 12.7 Å². The van der Waals surface area contributed by atoms with Crippen LogP contribution in [0.5, 0.6) is 11.5 Å². The molecule has 1 amide bonds. The number of phenolic OH excluding ortho intramolecular Hbond substituents is 1. The number of carbonyl (C=O) groups is 1. The van der Waals surface area contributed by atoms with Crippen molar-refractivity contribution in [1.29, 1.82) is 0 Å². The molecule has 0 aromatic heterocycles. The Morgan fingerprint density at radius 2 is 2.11 bits per heavy atom. The fourth-order valence-electron chi connectivity index (χ4n) is 1.95. The number of rotatable bonds is 6. The van der Waals surface area contributed by atoms with Gasteiger partial charge in [-0.1, -0.05) is 20.3 Å². The summed E-state index contributed by atoms with van der Waals surface area (Å²) in [6.07, 6.45) is 2.01. The number of hydrogen-bond acceptors (Lipinski definition) is 3. The van der Waals surface area contributed by atoms with E-state index in [1.54, 1.807) is 12.1 Å². The maximum Gasteiger partial charge on any atom is 0.255 e. The summed E-state index contributed by atoms with van der Waals surface area (Å²) in [5.41, 5.74) is 0.246. The first-order chi connectivity index (χ1) is 8.97. The molecule has 0 bridgehead atoms. The Labute approximate surface area is 114 Å². The molecular formula is C15H23NO3. The second-order valence-electron chi connectivity index (χ2n) is 5.01.